The normalized spacial score (nSPS) is 10.2. The Morgan fingerprint density at radius 3 is 2.29 bits per heavy atom. The van der Waals surface area contributed by atoms with Gasteiger partial charge in [-0.3, -0.25) is 4.79 Å². The summed E-state index contributed by atoms with van der Waals surface area (Å²) in [6.07, 6.45) is 1.54. The lowest BCUT2D eigenvalue weighted by atomic mass is 10.2. The highest BCUT2D eigenvalue weighted by Gasteiger charge is 2.07. The fraction of sp³-hybridized carbons (Fsp3) is 0.105. The lowest BCUT2D eigenvalue weighted by Crippen LogP contribution is -2.04. The zero-order valence-electron chi connectivity index (χ0n) is 13.5. The van der Waals surface area contributed by atoms with Crippen molar-refractivity contribution >= 4 is 17.4 Å². The fourth-order valence-electron chi connectivity index (χ4n) is 2.23. The average molecular weight is 319 g/mol. The Hall–Kier alpha value is -3.21. The molecule has 0 aliphatic carbocycles. The molecule has 0 saturated carbocycles. The van der Waals surface area contributed by atoms with Gasteiger partial charge in [0.05, 0.1) is 11.3 Å². The van der Waals surface area contributed by atoms with Crippen molar-refractivity contribution in [2.24, 2.45) is 0 Å². The van der Waals surface area contributed by atoms with Crippen molar-refractivity contribution in [3.8, 4) is 11.5 Å². The molecule has 2 aromatic carbocycles. The van der Waals surface area contributed by atoms with Gasteiger partial charge in [-0.15, -0.1) is 0 Å². The van der Waals surface area contributed by atoms with Gasteiger partial charge in [0.25, 0.3) is 0 Å². The Morgan fingerprint density at radius 2 is 1.67 bits per heavy atom. The van der Waals surface area contributed by atoms with Gasteiger partial charge in [-0.1, -0.05) is 18.2 Å². The van der Waals surface area contributed by atoms with Crippen LogP contribution in [0.2, 0.25) is 0 Å². The summed E-state index contributed by atoms with van der Waals surface area (Å²) in [7, 11) is 0. The lowest BCUT2D eigenvalue weighted by Gasteiger charge is -2.09. The highest BCUT2D eigenvalue weighted by atomic mass is 16.5. The van der Waals surface area contributed by atoms with E-state index < -0.39 is 0 Å². The van der Waals surface area contributed by atoms with Crippen molar-refractivity contribution < 1.29 is 9.53 Å². The van der Waals surface area contributed by atoms with Gasteiger partial charge in [0.1, 0.15) is 11.5 Å². The molecule has 1 N–H and O–H groups in total. The zero-order valence-corrected chi connectivity index (χ0v) is 13.5. The summed E-state index contributed by atoms with van der Waals surface area (Å²) in [6.45, 7) is 3.30. The molecule has 3 rings (SSSR count). The molecule has 5 heteroatoms. The van der Waals surface area contributed by atoms with Crippen LogP contribution in [-0.4, -0.2) is 15.8 Å². The van der Waals surface area contributed by atoms with Gasteiger partial charge < -0.3 is 10.1 Å². The number of anilines is 2. The van der Waals surface area contributed by atoms with Gasteiger partial charge in [0, 0.05) is 11.9 Å². The summed E-state index contributed by atoms with van der Waals surface area (Å²) in [4.78, 5) is 19.9. The molecule has 3 aromatic rings. The maximum atomic E-state index is 11.4. The molecule has 1 heterocycles. The molecular formula is C19H17N3O2. The SMILES string of the molecule is CC(=O)c1cnc(Nc2ccc(Oc3ccccc3)cc2)nc1C. The monoisotopic (exact) mass is 319 g/mol. The van der Waals surface area contributed by atoms with E-state index in [1.807, 2.05) is 54.6 Å². The molecule has 0 bridgehead atoms. The van der Waals surface area contributed by atoms with E-state index in [1.165, 1.54) is 6.92 Å². The minimum atomic E-state index is -0.0403. The molecule has 0 spiro atoms. The van der Waals surface area contributed by atoms with E-state index >= 15 is 0 Å². The molecular weight excluding hydrogens is 302 g/mol. The molecule has 0 amide bonds. The largest absolute Gasteiger partial charge is 0.457 e. The summed E-state index contributed by atoms with van der Waals surface area (Å²) in [5.41, 5.74) is 2.03. The van der Waals surface area contributed by atoms with Crippen LogP contribution < -0.4 is 10.1 Å². The van der Waals surface area contributed by atoms with E-state index in [0.717, 1.165) is 17.2 Å². The van der Waals surface area contributed by atoms with Crippen molar-refractivity contribution in [3.63, 3.8) is 0 Å². The predicted molar refractivity (Wildman–Crippen MR) is 93.0 cm³/mol. The maximum Gasteiger partial charge on any atom is 0.227 e. The quantitative estimate of drug-likeness (QED) is 0.700. The Balaban J connectivity index is 1.70. The van der Waals surface area contributed by atoms with Crippen molar-refractivity contribution in [2.75, 3.05) is 5.32 Å². The van der Waals surface area contributed by atoms with Gasteiger partial charge in [0.15, 0.2) is 5.78 Å². The molecule has 0 atom stereocenters. The first-order valence-electron chi connectivity index (χ1n) is 7.56. The molecule has 0 fully saturated rings. The average Bonchev–Trinajstić information content (AvgIpc) is 2.57. The zero-order chi connectivity index (χ0) is 16.9. The predicted octanol–water partition coefficient (Wildman–Crippen LogP) is 4.52. The number of ketones is 1. The molecule has 0 unspecified atom stereocenters. The lowest BCUT2D eigenvalue weighted by molar-refractivity contribution is 0.101. The third kappa shape index (κ3) is 3.76. The van der Waals surface area contributed by atoms with Gasteiger partial charge >= 0.3 is 0 Å². The maximum absolute atomic E-state index is 11.4. The first-order chi connectivity index (χ1) is 11.6. The number of Topliss-reactive ketones (excluding diaryl/α,β-unsaturated/α-hetero) is 1. The van der Waals surface area contributed by atoms with Crippen LogP contribution in [0.1, 0.15) is 23.0 Å². The second-order valence-electron chi connectivity index (χ2n) is 5.31. The first kappa shape index (κ1) is 15.7. The number of para-hydroxylation sites is 1. The Morgan fingerprint density at radius 1 is 1.00 bits per heavy atom. The number of nitrogens with zero attached hydrogens (tertiary/aromatic N) is 2. The number of benzene rings is 2. The third-order valence-corrected chi connectivity index (χ3v) is 3.45. The van der Waals surface area contributed by atoms with E-state index in [1.54, 1.807) is 13.1 Å². The van der Waals surface area contributed by atoms with Crippen molar-refractivity contribution in [2.45, 2.75) is 13.8 Å². The van der Waals surface area contributed by atoms with Crippen LogP contribution in [0.3, 0.4) is 0 Å². The van der Waals surface area contributed by atoms with E-state index in [2.05, 4.69) is 15.3 Å². The molecule has 0 aliphatic heterocycles. The van der Waals surface area contributed by atoms with Crippen LogP contribution in [0.5, 0.6) is 11.5 Å². The van der Waals surface area contributed by atoms with Gasteiger partial charge in [0.2, 0.25) is 5.95 Å². The fourth-order valence-corrected chi connectivity index (χ4v) is 2.23. The Bertz CT molecular complexity index is 846. The molecule has 120 valence electrons. The summed E-state index contributed by atoms with van der Waals surface area (Å²) < 4.78 is 5.75. The second-order valence-corrected chi connectivity index (χ2v) is 5.31. The number of rotatable bonds is 5. The Labute approximate surface area is 140 Å². The number of nitrogens with one attached hydrogen (secondary N) is 1. The van der Waals surface area contributed by atoms with E-state index in [4.69, 9.17) is 4.74 Å². The van der Waals surface area contributed by atoms with Gasteiger partial charge in [-0.2, -0.15) is 0 Å². The van der Waals surface area contributed by atoms with Crippen molar-refractivity contribution in [1.29, 1.82) is 0 Å². The smallest absolute Gasteiger partial charge is 0.227 e. The van der Waals surface area contributed by atoms with Crippen LogP contribution in [0, 0.1) is 6.92 Å². The number of carbonyl (C=O) groups is 1. The van der Waals surface area contributed by atoms with Crippen LogP contribution >= 0.6 is 0 Å². The van der Waals surface area contributed by atoms with Crippen LogP contribution in [0.15, 0.2) is 60.8 Å². The second kappa shape index (κ2) is 6.91. The number of carbonyl (C=O) groups excluding carboxylic acids is 1. The first-order valence-corrected chi connectivity index (χ1v) is 7.56. The number of hydrogen-bond donors (Lipinski definition) is 1. The van der Waals surface area contributed by atoms with E-state index in [-0.39, 0.29) is 5.78 Å². The van der Waals surface area contributed by atoms with Gasteiger partial charge in [-0.05, 0) is 50.2 Å². The van der Waals surface area contributed by atoms with Gasteiger partial charge in [-0.25, -0.2) is 9.97 Å². The summed E-state index contributed by atoms with van der Waals surface area (Å²) in [5, 5.41) is 3.11. The van der Waals surface area contributed by atoms with E-state index in [9.17, 15) is 4.79 Å². The Kier molecular flexibility index (Phi) is 4.52. The molecule has 5 nitrogen and oxygen atoms in total. The topological polar surface area (TPSA) is 64.1 Å². The summed E-state index contributed by atoms with van der Waals surface area (Å²) in [5.74, 6) is 1.95. The molecule has 0 saturated heterocycles. The minimum Gasteiger partial charge on any atom is -0.457 e. The molecule has 24 heavy (non-hydrogen) atoms. The highest BCUT2D eigenvalue weighted by molar-refractivity contribution is 5.94. The third-order valence-electron chi connectivity index (χ3n) is 3.45. The molecule has 0 radical (unpaired) electrons. The van der Waals surface area contributed by atoms with Crippen molar-refractivity contribution in [3.05, 3.63) is 72.1 Å². The summed E-state index contributed by atoms with van der Waals surface area (Å²) in [6, 6.07) is 17.1. The molecule has 0 aliphatic rings. The highest BCUT2D eigenvalue weighted by Crippen LogP contribution is 2.23. The number of aryl methyl sites for hydroxylation is 1. The number of hydrogen-bond acceptors (Lipinski definition) is 5. The molecule has 1 aromatic heterocycles. The number of aromatic nitrogens is 2. The van der Waals surface area contributed by atoms with E-state index in [0.29, 0.717) is 17.2 Å². The van der Waals surface area contributed by atoms with Crippen LogP contribution in [0.4, 0.5) is 11.6 Å². The van der Waals surface area contributed by atoms with Crippen LogP contribution in [0.25, 0.3) is 0 Å². The minimum absolute atomic E-state index is 0.0403. The van der Waals surface area contributed by atoms with Crippen molar-refractivity contribution in [1.82, 2.24) is 9.97 Å². The number of ether oxygens (including phenoxy) is 1. The summed E-state index contributed by atoms with van der Waals surface area (Å²) >= 11 is 0. The standard InChI is InChI=1S/C19H17N3O2/c1-13-18(14(2)23)12-20-19(21-13)22-15-8-10-17(11-9-15)24-16-6-4-3-5-7-16/h3-12H,1-2H3,(H,20,21,22). The van der Waals surface area contributed by atoms with Crippen LogP contribution in [-0.2, 0) is 0 Å².